The Kier molecular flexibility index (Phi) is 8.34. The number of nitrogens with zero attached hydrogens (tertiary/aromatic N) is 1. The van der Waals surface area contributed by atoms with Gasteiger partial charge >= 0.3 is 6.18 Å². The Morgan fingerprint density at radius 1 is 0.947 bits per heavy atom. The fourth-order valence-corrected chi connectivity index (χ4v) is 5.98. The van der Waals surface area contributed by atoms with Crippen molar-refractivity contribution in [1.29, 1.82) is 0 Å². The molecule has 3 aromatic rings. The number of benzene rings is 3. The smallest absolute Gasteiger partial charge is 0.324 e. The molecule has 0 radical (unpaired) electrons. The number of anilines is 3. The number of halogens is 4. The quantitative estimate of drug-likeness (QED) is 0.372. The highest BCUT2D eigenvalue weighted by Crippen LogP contribution is 2.32. The van der Waals surface area contributed by atoms with E-state index in [1.165, 1.54) is 31.2 Å². The van der Waals surface area contributed by atoms with Crippen LogP contribution in [0, 0.1) is 6.92 Å². The lowest BCUT2D eigenvalue weighted by atomic mass is 10.1. The third-order valence-electron chi connectivity index (χ3n) is 5.37. The Labute approximate surface area is 223 Å². The van der Waals surface area contributed by atoms with Gasteiger partial charge in [-0.3, -0.25) is 13.8 Å². The predicted octanol–water partition coefficient (Wildman–Crippen LogP) is 5.26. The third-order valence-corrected chi connectivity index (χ3v) is 8.23. The third kappa shape index (κ3) is 6.97. The summed E-state index contributed by atoms with van der Waals surface area (Å²) in [4.78, 5) is 12.7. The average Bonchev–Trinajstić information content (AvgIpc) is 2.80. The van der Waals surface area contributed by atoms with Gasteiger partial charge in [0.2, 0.25) is 15.9 Å². The van der Waals surface area contributed by atoms with E-state index in [0.29, 0.717) is 11.6 Å². The number of sulfonamides is 2. The molecule has 0 saturated carbocycles. The molecule has 38 heavy (non-hydrogen) atoms. The maximum Gasteiger partial charge on any atom is 0.416 e. The SMILES string of the molecule is Cc1ccc(Cl)cc1N([C@H](C)C(=O)Nc1ccc(S(=O)(=O)Nc2cccc(C(F)(F)F)c2)cc1)S(C)(=O)=O. The number of aryl methyl sites for hydroxylation is 1. The van der Waals surface area contributed by atoms with Gasteiger partial charge in [-0.15, -0.1) is 0 Å². The van der Waals surface area contributed by atoms with Gasteiger partial charge in [-0.05, 0) is 74.0 Å². The van der Waals surface area contributed by atoms with Gasteiger partial charge in [0.1, 0.15) is 6.04 Å². The van der Waals surface area contributed by atoms with Gasteiger partial charge in [-0.2, -0.15) is 13.2 Å². The molecule has 3 aromatic carbocycles. The molecule has 8 nitrogen and oxygen atoms in total. The summed E-state index contributed by atoms with van der Waals surface area (Å²) in [5, 5.41) is 2.81. The maximum atomic E-state index is 12.9. The fourth-order valence-electron chi connectivity index (χ4n) is 3.54. The van der Waals surface area contributed by atoms with Gasteiger partial charge in [0.05, 0.1) is 22.4 Å². The lowest BCUT2D eigenvalue weighted by Gasteiger charge is -2.29. The highest BCUT2D eigenvalue weighted by molar-refractivity contribution is 7.92. The number of amides is 1. The highest BCUT2D eigenvalue weighted by atomic mass is 35.5. The molecule has 0 aliphatic carbocycles. The van der Waals surface area contributed by atoms with E-state index in [2.05, 4.69) is 10.0 Å². The molecule has 0 heterocycles. The van der Waals surface area contributed by atoms with E-state index in [-0.39, 0.29) is 27.0 Å². The summed E-state index contributed by atoms with van der Waals surface area (Å²) in [6, 6.07) is 12.0. The lowest BCUT2D eigenvalue weighted by Crippen LogP contribution is -2.45. The van der Waals surface area contributed by atoms with Crippen LogP contribution in [-0.2, 0) is 31.0 Å². The predicted molar refractivity (Wildman–Crippen MR) is 140 cm³/mol. The lowest BCUT2D eigenvalue weighted by molar-refractivity contribution is -0.137. The zero-order chi connectivity index (χ0) is 28.5. The van der Waals surface area contributed by atoms with Gasteiger partial charge in [0.15, 0.2) is 0 Å². The maximum absolute atomic E-state index is 12.9. The van der Waals surface area contributed by atoms with Crippen LogP contribution < -0.4 is 14.3 Å². The molecular weight excluding hydrogens is 567 g/mol. The number of carbonyl (C=O) groups is 1. The first kappa shape index (κ1) is 29.3. The van der Waals surface area contributed by atoms with Crippen LogP contribution in [0.4, 0.5) is 30.2 Å². The summed E-state index contributed by atoms with van der Waals surface area (Å²) in [6.45, 7) is 3.05. The van der Waals surface area contributed by atoms with Crippen molar-refractivity contribution in [1.82, 2.24) is 0 Å². The number of hydrogen-bond donors (Lipinski definition) is 2. The van der Waals surface area contributed by atoms with E-state index < -0.39 is 43.7 Å². The van der Waals surface area contributed by atoms with E-state index in [0.717, 1.165) is 34.8 Å². The topological polar surface area (TPSA) is 113 Å². The van der Waals surface area contributed by atoms with E-state index in [1.54, 1.807) is 19.1 Å². The highest BCUT2D eigenvalue weighted by Gasteiger charge is 2.32. The second kappa shape index (κ2) is 10.8. The van der Waals surface area contributed by atoms with Crippen LogP contribution in [0.5, 0.6) is 0 Å². The molecule has 204 valence electrons. The normalized spacial score (nSPS) is 13.0. The number of hydrogen-bond acceptors (Lipinski definition) is 5. The summed E-state index contributed by atoms with van der Waals surface area (Å²) in [7, 11) is -8.15. The summed E-state index contributed by atoms with van der Waals surface area (Å²) < 4.78 is 92.2. The summed E-state index contributed by atoms with van der Waals surface area (Å²) in [6.07, 6.45) is -3.69. The van der Waals surface area contributed by atoms with Crippen molar-refractivity contribution in [2.24, 2.45) is 0 Å². The summed E-state index contributed by atoms with van der Waals surface area (Å²) >= 11 is 6.03. The molecule has 14 heteroatoms. The van der Waals surface area contributed by atoms with Crippen molar-refractivity contribution >= 4 is 54.6 Å². The second-order valence-electron chi connectivity index (χ2n) is 8.36. The molecule has 0 spiro atoms. The number of nitrogens with one attached hydrogen (secondary N) is 2. The molecule has 1 amide bonds. The molecule has 0 aromatic heterocycles. The number of rotatable bonds is 8. The van der Waals surface area contributed by atoms with Crippen molar-refractivity contribution in [3.63, 3.8) is 0 Å². The van der Waals surface area contributed by atoms with Crippen LogP contribution in [0.2, 0.25) is 5.02 Å². The first-order valence-corrected chi connectivity index (χ1v) is 14.6. The van der Waals surface area contributed by atoms with Crippen molar-refractivity contribution in [3.8, 4) is 0 Å². The molecule has 3 rings (SSSR count). The van der Waals surface area contributed by atoms with Gasteiger partial charge < -0.3 is 5.32 Å². The van der Waals surface area contributed by atoms with Crippen molar-refractivity contribution in [3.05, 3.63) is 82.9 Å². The molecule has 0 aliphatic rings. The largest absolute Gasteiger partial charge is 0.416 e. The minimum absolute atomic E-state index is 0.163. The average molecular weight is 590 g/mol. The van der Waals surface area contributed by atoms with E-state index in [1.807, 2.05) is 0 Å². The van der Waals surface area contributed by atoms with Crippen LogP contribution in [-0.4, -0.2) is 35.0 Å². The standard InChI is InChI=1S/C24H23ClF3N3O5S2/c1-15-7-8-18(25)14-22(15)31(37(3,33)34)16(2)23(32)29-19-9-11-21(12-10-19)38(35,36)30-20-6-4-5-17(13-20)24(26,27)28/h4-14,16,30H,1-3H3,(H,29,32)/t16-/m1/s1. The molecular formula is C24H23ClF3N3O5S2. The Morgan fingerprint density at radius 3 is 2.16 bits per heavy atom. The van der Waals surface area contributed by atoms with E-state index >= 15 is 0 Å². The van der Waals surface area contributed by atoms with Gasteiger partial charge in [0.25, 0.3) is 10.0 Å². The summed E-state index contributed by atoms with van der Waals surface area (Å²) in [5.74, 6) is -0.701. The molecule has 0 saturated heterocycles. The minimum atomic E-state index is -4.64. The Morgan fingerprint density at radius 2 is 1.58 bits per heavy atom. The molecule has 0 aliphatic heterocycles. The van der Waals surface area contributed by atoms with Crippen molar-refractivity contribution in [2.45, 2.75) is 31.0 Å². The van der Waals surface area contributed by atoms with E-state index in [9.17, 15) is 34.8 Å². The Hall–Kier alpha value is -3.29. The zero-order valence-electron chi connectivity index (χ0n) is 20.2. The number of alkyl halides is 3. The second-order valence-corrected chi connectivity index (χ2v) is 12.3. The van der Waals surface area contributed by atoms with Crippen LogP contribution in [0.15, 0.2) is 71.6 Å². The van der Waals surface area contributed by atoms with Crippen LogP contribution in [0.3, 0.4) is 0 Å². The van der Waals surface area contributed by atoms with Gasteiger partial charge in [0, 0.05) is 16.4 Å². The molecule has 0 bridgehead atoms. The zero-order valence-corrected chi connectivity index (χ0v) is 22.6. The monoisotopic (exact) mass is 589 g/mol. The van der Waals surface area contributed by atoms with Gasteiger partial charge in [-0.25, -0.2) is 16.8 Å². The van der Waals surface area contributed by atoms with Gasteiger partial charge in [-0.1, -0.05) is 23.7 Å². The van der Waals surface area contributed by atoms with Crippen LogP contribution in [0.25, 0.3) is 0 Å². The van der Waals surface area contributed by atoms with Crippen molar-refractivity contribution in [2.75, 3.05) is 20.6 Å². The van der Waals surface area contributed by atoms with Crippen molar-refractivity contribution < 1.29 is 34.8 Å². The van der Waals surface area contributed by atoms with Crippen LogP contribution in [0.1, 0.15) is 18.1 Å². The molecule has 0 unspecified atom stereocenters. The minimum Gasteiger partial charge on any atom is -0.324 e. The molecule has 1 atom stereocenters. The molecule has 2 N–H and O–H groups in total. The first-order chi connectivity index (χ1) is 17.5. The Bertz CT molecular complexity index is 1560. The van der Waals surface area contributed by atoms with Crippen LogP contribution >= 0.6 is 11.6 Å². The molecule has 0 fully saturated rings. The number of carbonyl (C=O) groups excluding carboxylic acids is 1. The summed E-state index contributed by atoms with van der Waals surface area (Å²) in [5.41, 5.74) is -0.326. The van der Waals surface area contributed by atoms with E-state index in [4.69, 9.17) is 11.6 Å². The fraction of sp³-hybridized carbons (Fsp3) is 0.208. The Balaban J connectivity index is 1.79. The first-order valence-electron chi connectivity index (χ1n) is 10.9.